The zero-order valence-corrected chi connectivity index (χ0v) is 12.2. The van der Waals surface area contributed by atoms with Gasteiger partial charge in [0.1, 0.15) is 0 Å². The van der Waals surface area contributed by atoms with E-state index in [1.165, 1.54) is 11.8 Å². The highest BCUT2D eigenvalue weighted by atomic mass is 35.5. The molecule has 0 fully saturated rings. The van der Waals surface area contributed by atoms with Gasteiger partial charge in [0.15, 0.2) is 0 Å². The molecular weight excluding hydrogens is 301 g/mol. The summed E-state index contributed by atoms with van der Waals surface area (Å²) in [5.41, 5.74) is 0.574. The number of benzene rings is 2. The molecule has 1 amide bonds. The number of hydrogen-bond donors (Lipinski definition) is 1. The minimum atomic E-state index is -0.0990. The Balaban J connectivity index is 1.91. The number of halogens is 2. The molecule has 0 unspecified atom stereocenters. The van der Waals surface area contributed by atoms with E-state index in [4.69, 9.17) is 23.2 Å². The van der Waals surface area contributed by atoms with E-state index < -0.39 is 0 Å². The molecule has 0 saturated carbocycles. The predicted molar refractivity (Wildman–Crippen MR) is 82.3 cm³/mol. The van der Waals surface area contributed by atoms with Crippen molar-refractivity contribution in [3.8, 4) is 0 Å². The second-order valence-electron chi connectivity index (χ2n) is 3.77. The molecule has 2 nitrogen and oxygen atoms in total. The Hall–Kier alpha value is -1.16. The summed E-state index contributed by atoms with van der Waals surface area (Å²) in [5.74, 6) is 0.237. The van der Waals surface area contributed by atoms with E-state index in [1.807, 2.05) is 30.3 Å². The molecule has 2 aromatic rings. The Morgan fingerprint density at radius 1 is 1.11 bits per heavy atom. The van der Waals surface area contributed by atoms with Crippen molar-refractivity contribution >= 4 is 46.6 Å². The van der Waals surface area contributed by atoms with Gasteiger partial charge in [-0.2, -0.15) is 0 Å². The standard InChI is InChI=1S/C14H11Cl2NOS/c15-10-6-7-13(12(16)8-10)17-14(18)9-19-11-4-2-1-3-5-11/h1-8H,9H2,(H,17,18). The molecule has 5 heteroatoms. The van der Waals surface area contributed by atoms with Gasteiger partial charge >= 0.3 is 0 Å². The third kappa shape index (κ3) is 4.46. The van der Waals surface area contributed by atoms with Gasteiger partial charge < -0.3 is 5.32 Å². The van der Waals surface area contributed by atoms with Gasteiger partial charge in [0, 0.05) is 9.92 Å². The molecule has 0 heterocycles. The van der Waals surface area contributed by atoms with Crippen LogP contribution in [0.4, 0.5) is 5.69 Å². The van der Waals surface area contributed by atoms with E-state index in [0.717, 1.165) is 4.90 Å². The van der Waals surface area contributed by atoms with Gasteiger partial charge in [-0.3, -0.25) is 4.79 Å². The van der Waals surface area contributed by atoms with Gasteiger partial charge in [0.05, 0.1) is 16.5 Å². The largest absolute Gasteiger partial charge is 0.324 e. The van der Waals surface area contributed by atoms with Crippen molar-refractivity contribution in [3.05, 3.63) is 58.6 Å². The van der Waals surface area contributed by atoms with E-state index in [2.05, 4.69) is 5.32 Å². The number of carbonyl (C=O) groups is 1. The smallest absolute Gasteiger partial charge is 0.234 e. The Bertz CT molecular complexity index is 575. The first-order chi connectivity index (χ1) is 9.15. The SMILES string of the molecule is O=C(CSc1ccccc1)Nc1ccc(Cl)cc1Cl. The molecule has 2 rings (SSSR count). The highest BCUT2D eigenvalue weighted by Crippen LogP contribution is 2.26. The first-order valence-electron chi connectivity index (χ1n) is 5.58. The van der Waals surface area contributed by atoms with E-state index in [9.17, 15) is 4.79 Å². The van der Waals surface area contributed by atoms with E-state index >= 15 is 0 Å². The first-order valence-corrected chi connectivity index (χ1v) is 7.32. The third-order valence-electron chi connectivity index (χ3n) is 2.32. The van der Waals surface area contributed by atoms with Crippen LogP contribution in [-0.4, -0.2) is 11.7 Å². The van der Waals surface area contributed by atoms with Crippen LogP contribution < -0.4 is 5.32 Å². The molecule has 2 aromatic carbocycles. The molecule has 0 aromatic heterocycles. The second-order valence-corrected chi connectivity index (χ2v) is 5.67. The molecule has 19 heavy (non-hydrogen) atoms. The summed E-state index contributed by atoms with van der Waals surface area (Å²) in [7, 11) is 0. The average molecular weight is 312 g/mol. The molecule has 98 valence electrons. The van der Waals surface area contributed by atoms with Crippen molar-refractivity contribution < 1.29 is 4.79 Å². The van der Waals surface area contributed by atoms with Gasteiger partial charge in [-0.1, -0.05) is 41.4 Å². The lowest BCUT2D eigenvalue weighted by molar-refractivity contribution is -0.113. The van der Waals surface area contributed by atoms with Crippen LogP contribution >= 0.6 is 35.0 Å². The fourth-order valence-corrected chi connectivity index (χ4v) is 2.62. The molecule has 0 saturated heterocycles. The molecule has 1 N–H and O–H groups in total. The highest BCUT2D eigenvalue weighted by molar-refractivity contribution is 8.00. The fraction of sp³-hybridized carbons (Fsp3) is 0.0714. The van der Waals surface area contributed by atoms with Crippen LogP contribution in [0.1, 0.15) is 0 Å². The minimum Gasteiger partial charge on any atom is -0.324 e. The fourth-order valence-electron chi connectivity index (χ4n) is 1.44. The van der Waals surface area contributed by atoms with Crippen LogP contribution in [-0.2, 0) is 4.79 Å². The number of anilines is 1. The van der Waals surface area contributed by atoms with Crippen LogP contribution in [0.2, 0.25) is 10.0 Å². The van der Waals surface area contributed by atoms with Crippen molar-refractivity contribution in [1.29, 1.82) is 0 Å². The van der Waals surface area contributed by atoms with Crippen molar-refractivity contribution in [2.75, 3.05) is 11.1 Å². The minimum absolute atomic E-state index is 0.0990. The lowest BCUT2D eigenvalue weighted by Crippen LogP contribution is -2.14. The third-order valence-corrected chi connectivity index (χ3v) is 3.88. The maximum atomic E-state index is 11.8. The zero-order chi connectivity index (χ0) is 13.7. The summed E-state index contributed by atoms with van der Waals surface area (Å²) < 4.78 is 0. The number of carbonyl (C=O) groups excluding carboxylic acids is 1. The molecule has 0 radical (unpaired) electrons. The average Bonchev–Trinajstić information content (AvgIpc) is 2.41. The quantitative estimate of drug-likeness (QED) is 0.827. The molecular formula is C14H11Cl2NOS. The first kappa shape index (κ1) is 14.3. The molecule has 0 atom stereocenters. The number of thioether (sulfide) groups is 1. The van der Waals surface area contributed by atoms with Crippen LogP contribution in [0.25, 0.3) is 0 Å². The Labute approximate surface area is 126 Å². The number of amides is 1. The van der Waals surface area contributed by atoms with Crippen LogP contribution in [0, 0.1) is 0 Å². The van der Waals surface area contributed by atoms with E-state index in [-0.39, 0.29) is 5.91 Å². The zero-order valence-electron chi connectivity index (χ0n) is 9.90. The number of rotatable bonds is 4. The van der Waals surface area contributed by atoms with E-state index in [1.54, 1.807) is 18.2 Å². The highest BCUT2D eigenvalue weighted by Gasteiger charge is 2.06. The van der Waals surface area contributed by atoms with Gasteiger partial charge in [0.2, 0.25) is 5.91 Å². The summed E-state index contributed by atoms with van der Waals surface area (Å²) >= 11 is 13.3. The normalized spacial score (nSPS) is 10.2. The predicted octanol–water partition coefficient (Wildman–Crippen LogP) is 4.72. The second kappa shape index (κ2) is 6.85. The molecule has 0 bridgehead atoms. The lowest BCUT2D eigenvalue weighted by Gasteiger charge is -2.07. The summed E-state index contributed by atoms with van der Waals surface area (Å²) in [6.45, 7) is 0. The lowest BCUT2D eigenvalue weighted by atomic mass is 10.3. The Morgan fingerprint density at radius 2 is 1.84 bits per heavy atom. The van der Waals surface area contributed by atoms with Crippen molar-refractivity contribution in [2.24, 2.45) is 0 Å². The maximum absolute atomic E-state index is 11.8. The van der Waals surface area contributed by atoms with Crippen molar-refractivity contribution in [3.63, 3.8) is 0 Å². The van der Waals surface area contributed by atoms with Crippen LogP contribution in [0.5, 0.6) is 0 Å². The van der Waals surface area contributed by atoms with Crippen LogP contribution in [0.15, 0.2) is 53.4 Å². The molecule has 0 aliphatic rings. The van der Waals surface area contributed by atoms with Crippen LogP contribution in [0.3, 0.4) is 0 Å². The monoisotopic (exact) mass is 311 g/mol. The Morgan fingerprint density at radius 3 is 2.53 bits per heavy atom. The molecule has 0 spiro atoms. The summed E-state index contributed by atoms with van der Waals surface area (Å²) in [6, 6.07) is 14.7. The summed E-state index contributed by atoms with van der Waals surface area (Å²) in [4.78, 5) is 12.9. The van der Waals surface area contributed by atoms with Gasteiger partial charge in [0.25, 0.3) is 0 Å². The molecule has 0 aliphatic carbocycles. The molecule has 0 aliphatic heterocycles. The summed E-state index contributed by atoms with van der Waals surface area (Å²) in [6.07, 6.45) is 0. The van der Waals surface area contributed by atoms with Gasteiger partial charge in [-0.25, -0.2) is 0 Å². The topological polar surface area (TPSA) is 29.1 Å². The van der Waals surface area contributed by atoms with Gasteiger partial charge in [-0.15, -0.1) is 11.8 Å². The summed E-state index contributed by atoms with van der Waals surface area (Å²) in [5, 5.41) is 3.74. The number of hydrogen-bond acceptors (Lipinski definition) is 2. The van der Waals surface area contributed by atoms with Crippen molar-refractivity contribution in [2.45, 2.75) is 4.90 Å². The Kier molecular flexibility index (Phi) is 5.14. The maximum Gasteiger partial charge on any atom is 0.234 e. The van der Waals surface area contributed by atoms with Gasteiger partial charge in [-0.05, 0) is 30.3 Å². The van der Waals surface area contributed by atoms with E-state index in [0.29, 0.717) is 21.5 Å². The number of nitrogens with one attached hydrogen (secondary N) is 1. The van der Waals surface area contributed by atoms with Crippen molar-refractivity contribution in [1.82, 2.24) is 0 Å².